The summed E-state index contributed by atoms with van der Waals surface area (Å²) in [5.41, 5.74) is 18.3. The van der Waals surface area contributed by atoms with Gasteiger partial charge in [0.05, 0.1) is 33.1 Å². The molecular weight excluding hydrogens is 787 g/mol. The largest absolute Gasteiger partial charge is 0.309 e. The van der Waals surface area contributed by atoms with Crippen LogP contribution in [0.3, 0.4) is 0 Å². The predicted molar refractivity (Wildman–Crippen MR) is 278 cm³/mol. The summed E-state index contributed by atoms with van der Waals surface area (Å²) in [6.07, 6.45) is 0. The summed E-state index contributed by atoms with van der Waals surface area (Å²) in [6, 6.07) is 74.3. The van der Waals surface area contributed by atoms with E-state index in [0.717, 1.165) is 5.69 Å². The lowest BCUT2D eigenvalue weighted by atomic mass is 9.84. The molecule has 0 atom stereocenters. The summed E-state index contributed by atoms with van der Waals surface area (Å²) in [5, 5.41) is 7.68. The van der Waals surface area contributed by atoms with E-state index in [0.29, 0.717) is 0 Å². The van der Waals surface area contributed by atoms with Crippen molar-refractivity contribution in [3.05, 3.63) is 211 Å². The number of fused-ring (bicyclic) bond motifs is 9. The second-order valence-corrected chi connectivity index (χ2v) is 19.8. The highest BCUT2D eigenvalue weighted by Crippen LogP contribution is 2.44. The fourth-order valence-corrected chi connectivity index (χ4v) is 10.7. The van der Waals surface area contributed by atoms with Gasteiger partial charge in [-0.2, -0.15) is 0 Å². The number of hydrogen-bond donors (Lipinski definition) is 0. The number of aromatic nitrogens is 3. The number of nitrogens with zero attached hydrogens (tertiary/aromatic N) is 3. The van der Waals surface area contributed by atoms with Crippen LogP contribution in [0.2, 0.25) is 0 Å². The first-order chi connectivity index (χ1) is 31.5. The van der Waals surface area contributed by atoms with Crippen LogP contribution in [0.5, 0.6) is 0 Å². The van der Waals surface area contributed by atoms with Crippen molar-refractivity contribution < 1.29 is 0 Å². The minimum absolute atomic E-state index is 0.0282. The number of para-hydroxylation sites is 3. The lowest BCUT2D eigenvalue weighted by Gasteiger charge is -2.20. The van der Waals surface area contributed by atoms with Crippen LogP contribution in [0.1, 0.15) is 52.7 Å². The zero-order valence-electron chi connectivity index (χ0n) is 37.9. The van der Waals surface area contributed by atoms with Crippen molar-refractivity contribution in [3.63, 3.8) is 0 Å². The first-order valence-corrected chi connectivity index (χ1v) is 22.9. The number of rotatable bonds is 5. The topological polar surface area (TPSA) is 14.8 Å². The van der Waals surface area contributed by atoms with Crippen LogP contribution < -0.4 is 0 Å². The second kappa shape index (κ2) is 14.5. The van der Waals surface area contributed by atoms with Gasteiger partial charge in [0.1, 0.15) is 0 Å². The quantitative estimate of drug-likeness (QED) is 0.164. The molecule has 0 saturated carbocycles. The first kappa shape index (κ1) is 39.0. The Bertz CT molecular complexity index is 3580. The van der Waals surface area contributed by atoms with Crippen LogP contribution in [-0.2, 0) is 10.8 Å². The molecule has 0 unspecified atom stereocenters. The fourth-order valence-electron chi connectivity index (χ4n) is 10.7. The first-order valence-electron chi connectivity index (χ1n) is 22.9. The molecule has 3 heterocycles. The maximum absolute atomic E-state index is 2.43. The highest BCUT2D eigenvalue weighted by molar-refractivity contribution is 6.15. The minimum atomic E-state index is -0.0282. The van der Waals surface area contributed by atoms with Gasteiger partial charge < -0.3 is 13.7 Å². The van der Waals surface area contributed by atoms with Crippen molar-refractivity contribution in [1.29, 1.82) is 0 Å². The average Bonchev–Trinajstić information content (AvgIpc) is 3.96. The molecule has 3 heteroatoms. The van der Waals surface area contributed by atoms with Gasteiger partial charge in [-0.3, -0.25) is 0 Å². The molecule has 0 aliphatic rings. The molecule has 12 aromatic rings. The van der Waals surface area contributed by atoms with Gasteiger partial charge in [0.25, 0.3) is 0 Å². The van der Waals surface area contributed by atoms with Crippen molar-refractivity contribution in [3.8, 4) is 39.3 Å². The van der Waals surface area contributed by atoms with E-state index in [1.165, 1.54) is 110 Å². The third kappa shape index (κ3) is 6.17. The van der Waals surface area contributed by atoms with Gasteiger partial charge in [-0.05, 0) is 141 Å². The van der Waals surface area contributed by atoms with Crippen LogP contribution in [0.4, 0.5) is 0 Å². The zero-order chi connectivity index (χ0) is 44.2. The summed E-state index contributed by atoms with van der Waals surface area (Å²) in [6.45, 7) is 14.0. The summed E-state index contributed by atoms with van der Waals surface area (Å²) in [7, 11) is 0. The molecular formula is C62H51N3. The summed E-state index contributed by atoms with van der Waals surface area (Å²) < 4.78 is 7.29. The molecule has 0 amide bonds. The van der Waals surface area contributed by atoms with E-state index < -0.39 is 0 Å². The van der Waals surface area contributed by atoms with Crippen LogP contribution >= 0.6 is 0 Å². The Morgan fingerprint density at radius 1 is 0.262 bits per heavy atom. The Hall–Kier alpha value is -7.62. The second-order valence-electron chi connectivity index (χ2n) is 19.8. The maximum Gasteiger partial charge on any atom is 0.0544 e. The number of benzene rings is 9. The molecule has 3 nitrogen and oxygen atoms in total. The predicted octanol–water partition coefficient (Wildman–Crippen LogP) is 16.9. The molecule has 65 heavy (non-hydrogen) atoms. The lowest BCUT2D eigenvalue weighted by Crippen LogP contribution is -2.11. The highest BCUT2D eigenvalue weighted by Gasteiger charge is 2.25. The summed E-state index contributed by atoms with van der Waals surface area (Å²) in [4.78, 5) is 0. The van der Waals surface area contributed by atoms with E-state index in [9.17, 15) is 0 Å². The Labute approximate surface area is 380 Å². The van der Waals surface area contributed by atoms with Gasteiger partial charge in [0.2, 0.25) is 0 Å². The zero-order valence-corrected chi connectivity index (χ0v) is 37.9. The van der Waals surface area contributed by atoms with Crippen LogP contribution in [-0.4, -0.2) is 13.7 Å². The summed E-state index contributed by atoms with van der Waals surface area (Å²) >= 11 is 0. The van der Waals surface area contributed by atoms with Crippen molar-refractivity contribution in [2.45, 2.75) is 52.4 Å². The fraction of sp³-hybridized carbons (Fsp3) is 0.129. The Balaban J connectivity index is 1.08. The van der Waals surface area contributed by atoms with E-state index in [1.54, 1.807) is 0 Å². The van der Waals surface area contributed by atoms with Crippen molar-refractivity contribution >= 4 is 65.4 Å². The molecule has 3 aromatic heterocycles. The molecule has 314 valence electrons. The van der Waals surface area contributed by atoms with Gasteiger partial charge in [-0.15, -0.1) is 0 Å². The third-order valence-corrected chi connectivity index (χ3v) is 13.7. The maximum atomic E-state index is 2.43. The normalized spacial score (nSPS) is 12.5. The van der Waals surface area contributed by atoms with E-state index >= 15 is 0 Å². The van der Waals surface area contributed by atoms with E-state index in [-0.39, 0.29) is 10.8 Å². The molecule has 0 N–H and O–H groups in total. The molecule has 0 spiro atoms. The Morgan fingerprint density at radius 2 is 0.554 bits per heavy atom. The molecule has 9 aromatic carbocycles. The molecule has 0 bridgehead atoms. The van der Waals surface area contributed by atoms with Gasteiger partial charge in [0, 0.05) is 49.4 Å². The monoisotopic (exact) mass is 837 g/mol. The van der Waals surface area contributed by atoms with Crippen LogP contribution in [0.25, 0.3) is 105 Å². The SMILES string of the molecule is CC(C)(C)c1cccc2c1c1cc(-c3ccc4c(c3)c3cc(-c5ccc6c(c5)c5c(C(C)(C)C)cccc5n6-c5ccccc5)ccc3n4-c3ccccc3)ccc1n2-c1ccccc1. The van der Waals surface area contributed by atoms with E-state index in [1.807, 2.05) is 0 Å². The van der Waals surface area contributed by atoms with Gasteiger partial charge >= 0.3 is 0 Å². The lowest BCUT2D eigenvalue weighted by molar-refractivity contribution is 0.596. The average molecular weight is 838 g/mol. The van der Waals surface area contributed by atoms with Gasteiger partial charge in [-0.1, -0.05) is 145 Å². The van der Waals surface area contributed by atoms with E-state index in [4.69, 9.17) is 0 Å². The molecule has 0 aliphatic heterocycles. The van der Waals surface area contributed by atoms with Crippen LogP contribution in [0, 0.1) is 0 Å². The Kier molecular flexibility index (Phi) is 8.67. The highest BCUT2D eigenvalue weighted by atomic mass is 15.0. The standard InChI is InChI=1S/C62H51N3/c1-61(2,3)51-24-16-26-57-59(51)49-38-42(30-34-55(49)64(57)45-20-12-8-13-21-45)40-28-32-53-47(36-40)48-37-41(29-33-54(48)63(53)44-18-10-7-11-19-44)43-31-35-56-50(39-43)60-52(62(4,5)6)25-17-27-58(60)65(56)46-22-14-9-15-23-46/h7-39H,1-6H3. The van der Waals surface area contributed by atoms with Gasteiger partial charge in [-0.25, -0.2) is 0 Å². The van der Waals surface area contributed by atoms with E-state index in [2.05, 4.69) is 255 Å². The smallest absolute Gasteiger partial charge is 0.0544 e. The third-order valence-electron chi connectivity index (χ3n) is 13.7. The minimum Gasteiger partial charge on any atom is -0.309 e. The van der Waals surface area contributed by atoms with Crippen molar-refractivity contribution in [2.75, 3.05) is 0 Å². The molecule has 12 rings (SSSR count). The molecule has 0 aliphatic carbocycles. The number of hydrogen-bond acceptors (Lipinski definition) is 0. The van der Waals surface area contributed by atoms with Crippen LogP contribution in [0.15, 0.2) is 200 Å². The molecule has 0 fully saturated rings. The molecule has 0 saturated heterocycles. The van der Waals surface area contributed by atoms with Crippen molar-refractivity contribution in [2.24, 2.45) is 0 Å². The Morgan fingerprint density at radius 3 is 0.877 bits per heavy atom. The summed E-state index contributed by atoms with van der Waals surface area (Å²) in [5.74, 6) is 0. The molecule has 0 radical (unpaired) electrons. The van der Waals surface area contributed by atoms with Crippen molar-refractivity contribution in [1.82, 2.24) is 13.7 Å². The van der Waals surface area contributed by atoms with Gasteiger partial charge in [0.15, 0.2) is 0 Å².